The average molecular weight is 548 g/mol. The Morgan fingerprint density at radius 3 is 2.40 bits per heavy atom. The van der Waals surface area contributed by atoms with Crippen molar-refractivity contribution in [2.75, 3.05) is 29.9 Å². The predicted octanol–water partition coefficient (Wildman–Crippen LogP) is 5.93. The van der Waals surface area contributed by atoms with E-state index in [-0.39, 0.29) is 23.6 Å². The van der Waals surface area contributed by atoms with E-state index in [4.69, 9.17) is 4.74 Å². The minimum absolute atomic E-state index is 0.127. The van der Waals surface area contributed by atoms with E-state index < -0.39 is 29.7 Å². The zero-order valence-corrected chi connectivity index (χ0v) is 22.4. The van der Waals surface area contributed by atoms with E-state index >= 15 is 8.78 Å². The quantitative estimate of drug-likeness (QED) is 0.342. The molecule has 0 unspecified atom stereocenters. The van der Waals surface area contributed by atoms with Gasteiger partial charge >= 0.3 is 0 Å². The summed E-state index contributed by atoms with van der Waals surface area (Å²) in [5.74, 6) is -4.30. The summed E-state index contributed by atoms with van der Waals surface area (Å²) in [6.07, 6.45) is 0.963. The summed E-state index contributed by atoms with van der Waals surface area (Å²) in [6, 6.07) is 19.5. The molecule has 208 valence electrons. The molecule has 0 radical (unpaired) electrons. The van der Waals surface area contributed by atoms with Gasteiger partial charge in [-0.25, -0.2) is 8.78 Å². The third-order valence-electron chi connectivity index (χ3n) is 6.42. The lowest BCUT2D eigenvalue weighted by Gasteiger charge is -2.23. The molecule has 4 rings (SSSR count). The fourth-order valence-corrected chi connectivity index (χ4v) is 4.45. The van der Waals surface area contributed by atoms with Gasteiger partial charge in [0.25, 0.3) is 17.7 Å². The first-order valence-corrected chi connectivity index (χ1v) is 13.2. The van der Waals surface area contributed by atoms with Crippen LogP contribution in [-0.2, 0) is 4.79 Å². The first-order chi connectivity index (χ1) is 19.2. The number of rotatable bonds is 8. The van der Waals surface area contributed by atoms with Crippen molar-refractivity contribution in [3.63, 3.8) is 0 Å². The van der Waals surface area contributed by atoms with Crippen molar-refractivity contribution < 1.29 is 27.9 Å². The first-order valence-electron chi connectivity index (χ1n) is 13.2. The fraction of sp³-hybridized carbons (Fsp3) is 0.258. The van der Waals surface area contributed by atoms with E-state index in [1.165, 1.54) is 23.1 Å². The third-order valence-corrected chi connectivity index (χ3v) is 6.42. The van der Waals surface area contributed by atoms with Crippen LogP contribution in [0.25, 0.3) is 5.57 Å². The van der Waals surface area contributed by atoms with Gasteiger partial charge in [0, 0.05) is 48.0 Å². The molecule has 1 aliphatic heterocycles. The van der Waals surface area contributed by atoms with Crippen LogP contribution >= 0.6 is 0 Å². The first kappa shape index (κ1) is 28.5. The molecule has 0 aromatic heterocycles. The van der Waals surface area contributed by atoms with Gasteiger partial charge in [-0.3, -0.25) is 14.4 Å². The molecule has 0 spiro atoms. The van der Waals surface area contributed by atoms with E-state index in [0.717, 1.165) is 6.08 Å². The number of benzene rings is 3. The highest BCUT2D eigenvalue weighted by atomic mass is 19.3. The third kappa shape index (κ3) is 6.36. The summed E-state index contributed by atoms with van der Waals surface area (Å²) in [4.78, 5) is 40.0. The second kappa shape index (κ2) is 12.5. The molecule has 0 atom stereocenters. The van der Waals surface area contributed by atoms with Crippen LogP contribution in [0.4, 0.5) is 20.2 Å². The van der Waals surface area contributed by atoms with Crippen molar-refractivity contribution in [1.82, 2.24) is 5.32 Å². The highest BCUT2D eigenvalue weighted by molar-refractivity contribution is 6.10. The normalized spacial score (nSPS) is 15.1. The van der Waals surface area contributed by atoms with E-state index in [0.29, 0.717) is 42.3 Å². The Morgan fingerprint density at radius 1 is 0.975 bits per heavy atom. The van der Waals surface area contributed by atoms with Crippen LogP contribution in [0.1, 0.15) is 53.0 Å². The SMILES string of the molecule is CCCNC(=O)C=C1c2ccccc2N(C(=O)c2ccc(NC(=O)c3ccccc3OCC)cc2)CCC1(F)F. The van der Waals surface area contributed by atoms with Crippen molar-refractivity contribution in [3.8, 4) is 5.75 Å². The van der Waals surface area contributed by atoms with Gasteiger partial charge in [0.2, 0.25) is 5.91 Å². The predicted molar refractivity (Wildman–Crippen MR) is 151 cm³/mol. The average Bonchev–Trinajstić information content (AvgIpc) is 3.06. The molecule has 0 saturated heterocycles. The molecular formula is C31H31F2N3O4. The number of anilines is 2. The van der Waals surface area contributed by atoms with Gasteiger partial charge < -0.3 is 20.3 Å². The zero-order valence-electron chi connectivity index (χ0n) is 22.4. The van der Waals surface area contributed by atoms with Gasteiger partial charge in [-0.05, 0) is 55.8 Å². The van der Waals surface area contributed by atoms with Crippen molar-refractivity contribution in [2.45, 2.75) is 32.6 Å². The van der Waals surface area contributed by atoms with Crippen LogP contribution in [0.5, 0.6) is 5.75 Å². The van der Waals surface area contributed by atoms with Crippen molar-refractivity contribution in [3.05, 3.63) is 95.6 Å². The molecule has 0 aliphatic carbocycles. The summed E-state index contributed by atoms with van der Waals surface area (Å²) in [5.41, 5.74) is 1.10. The Labute approximate surface area is 231 Å². The van der Waals surface area contributed by atoms with E-state index in [2.05, 4.69) is 10.6 Å². The standard InChI is InChI=1S/C31H31F2N3O4/c1-3-18-34-28(37)20-25-23-9-5-7-11-26(23)36(19-17-31(25,32)33)30(39)21-13-15-22(16-14-21)35-29(38)24-10-6-8-12-27(24)40-4-2/h5-16,20H,3-4,17-19H2,1-2H3,(H,34,37)(H,35,38). The molecule has 0 fully saturated rings. The molecular weight excluding hydrogens is 516 g/mol. The number of hydrogen-bond donors (Lipinski definition) is 2. The van der Waals surface area contributed by atoms with Crippen LogP contribution in [0, 0.1) is 0 Å². The Kier molecular flexibility index (Phi) is 8.93. The summed E-state index contributed by atoms with van der Waals surface area (Å²) < 4.78 is 36.1. The number of halogens is 2. The molecule has 9 heteroatoms. The molecule has 0 saturated carbocycles. The van der Waals surface area contributed by atoms with Crippen LogP contribution in [0.3, 0.4) is 0 Å². The van der Waals surface area contributed by atoms with Crippen molar-refractivity contribution >= 4 is 34.7 Å². The number of alkyl halides is 2. The molecule has 40 heavy (non-hydrogen) atoms. The smallest absolute Gasteiger partial charge is 0.275 e. The Hall–Kier alpha value is -4.53. The maximum atomic E-state index is 15.3. The zero-order chi connectivity index (χ0) is 28.7. The Balaban J connectivity index is 1.58. The molecule has 2 N–H and O–H groups in total. The molecule has 7 nitrogen and oxygen atoms in total. The monoisotopic (exact) mass is 547 g/mol. The molecule has 3 amide bonds. The summed E-state index contributed by atoms with van der Waals surface area (Å²) >= 11 is 0. The van der Waals surface area contributed by atoms with Gasteiger partial charge in [-0.15, -0.1) is 0 Å². The highest BCUT2D eigenvalue weighted by Crippen LogP contribution is 2.43. The summed E-state index contributed by atoms with van der Waals surface area (Å²) in [6.45, 7) is 4.24. The molecule has 3 aromatic carbocycles. The Bertz CT molecular complexity index is 1420. The van der Waals surface area contributed by atoms with E-state index in [9.17, 15) is 14.4 Å². The molecule has 1 aliphatic rings. The highest BCUT2D eigenvalue weighted by Gasteiger charge is 2.41. The second-order valence-electron chi connectivity index (χ2n) is 9.24. The lowest BCUT2D eigenvalue weighted by atomic mass is 9.97. The minimum Gasteiger partial charge on any atom is -0.493 e. The van der Waals surface area contributed by atoms with Crippen LogP contribution in [0.15, 0.2) is 78.9 Å². The van der Waals surface area contributed by atoms with Crippen LogP contribution < -0.4 is 20.3 Å². The topological polar surface area (TPSA) is 87.7 Å². The maximum absolute atomic E-state index is 15.3. The number of amides is 3. The maximum Gasteiger partial charge on any atom is 0.275 e. The van der Waals surface area contributed by atoms with Gasteiger partial charge in [0.15, 0.2) is 0 Å². The number of carbonyl (C=O) groups is 3. The van der Waals surface area contributed by atoms with Crippen LogP contribution in [0.2, 0.25) is 0 Å². The number of nitrogens with one attached hydrogen (secondary N) is 2. The lowest BCUT2D eigenvalue weighted by Crippen LogP contribution is -2.33. The number of fused-ring (bicyclic) bond motifs is 1. The number of nitrogens with zero attached hydrogens (tertiary/aromatic N) is 1. The van der Waals surface area contributed by atoms with E-state index in [1.54, 1.807) is 54.6 Å². The molecule has 3 aromatic rings. The van der Waals surface area contributed by atoms with Crippen molar-refractivity contribution in [1.29, 1.82) is 0 Å². The lowest BCUT2D eigenvalue weighted by molar-refractivity contribution is -0.116. The Morgan fingerprint density at radius 2 is 1.68 bits per heavy atom. The van der Waals surface area contributed by atoms with Gasteiger partial charge in [0.1, 0.15) is 5.75 Å². The number of hydrogen-bond acceptors (Lipinski definition) is 4. The van der Waals surface area contributed by atoms with Crippen LogP contribution in [-0.4, -0.2) is 43.3 Å². The largest absolute Gasteiger partial charge is 0.493 e. The van der Waals surface area contributed by atoms with Gasteiger partial charge in [-0.1, -0.05) is 37.3 Å². The minimum atomic E-state index is -3.32. The summed E-state index contributed by atoms with van der Waals surface area (Å²) in [7, 11) is 0. The van der Waals surface area contributed by atoms with Crippen molar-refractivity contribution in [2.24, 2.45) is 0 Å². The fourth-order valence-electron chi connectivity index (χ4n) is 4.45. The van der Waals surface area contributed by atoms with Gasteiger partial charge in [0.05, 0.1) is 17.9 Å². The number of ether oxygens (including phenoxy) is 1. The number of carbonyl (C=O) groups excluding carboxylic acids is 3. The number of allylic oxidation sites excluding steroid dienone is 1. The second-order valence-corrected chi connectivity index (χ2v) is 9.24. The molecule has 1 heterocycles. The molecule has 0 bridgehead atoms. The van der Waals surface area contributed by atoms with E-state index in [1.807, 2.05) is 13.8 Å². The number of para-hydroxylation sites is 2. The summed E-state index contributed by atoms with van der Waals surface area (Å²) in [5, 5.41) is 5.39. The van der Waals surface area contributed by atoms with Gasteiger partial charge in [-0.2, -0.15) is 0 Å².